The van der Waals surface area contributed by atoms with Gasteiger partial charge >= 0.3 is 13.7 Å². The van der Waals surface area contributed by atoms with Gasteiger partial charge in [-0.1, -0.05) is 0 Å². The lowest BCUT2D eigenvalue weighted by molar-refractivity contribution is -0.841. The normalized spacial score (nSPS) is 35.0. The summed E-state index contributed by atoms with van der Waals surface area (Å²) in [7, 11) is 6.35. The fraction of sp³-hybridized carbons (Fsp3) is 0.750. The van der Waals surface area contributed by atoms with Gasteiger partial charge in [-0.05, 0) is 41.6 Å². The Morgan fingerprint density at radius 2 is 2.17 bits per heavy atom. The zero-order valence-corrected chi connectivity index (χ0v) is 12.2. The SMILES string of the molecule is [B][N+]12CCC(CC1)C(Cn1c(C)c(Br)[nH]c1=O)C2. The van der Waals surface area contributed by atoms with Gasteiger partial charge in [0.25, 0.3) is 0 Å². The Labute approximate surface area is 117 Å². The van der Waals surface area contributed by atoms with Crippen LogP contribution in [-0.4, -0.2) is 41.6 Å². The summed E-state index contributed by atoms with van der Waals surface area (Å²) in [5.41, 5.74) is 0.972. The molecule has 2 radical (unpaired) electrons. The summed E-state index contributed by atoms with van der Waals surface area (Å²) in [6.45, 7) is 5.99. The number of halogens is 1. The average molecular weight is 311 g/mol. The molecule has 4 nitrogen and oxygen atoms in total. The summed E-state index contributed by atoms with van der Waals surface area (Å²) in [5.74, 6) is 1.28. The molecule has 0 spiro atoms. The Hall–Kier alpha value is -0.485. The number of aromatic amines is 1. The van der Waals surface area contributed by atoms with E-state index in [9.17, 15) is 4.79 Å². The highest BCUT2D eigenvalue weighted by Gasteiger charge is 2.43. The topological polar surface area (TPSA) is 37.8 Å². The van der Waals surface area contributed by atoms with Crippen LogP contribution in [0.5, 0.6) is 0 Å². The van der Waals surface area contributed by atoms with Gasteiger partial charge in [0.15, 0.2) is 0 Å². The third-order valence-corrected chi connectivity index (χ3v) is 5.53. The lowest BCUT2D eigenvalue weighted by Crippen LogP contribution is -2.61. The summed E-state index contributed by atoms with van der Waals surface area (Å²) >= 11 is 3.38. The molecule has 18 heavy (non-hydrogen) atoms. The fourth-order valence-corrected chi connectivity index (χ4v) is 3.94. The number of nitrogens with one attached hydrogen (secondary N) is 1. The minimum absolute atomic E-state index is 0.0145. The highest BCUT2D eigenvalue weighted by molar-refractivity contribution is 9.10. The standard InChI is InChI=1S/C12H18BBrN3O/c1-8-11(14)15-12(18)16(8)6-10-7-17(13)4-2-9(10)3-5-17/h9-10H,2-7H2,1H3,(H,15,18)/q+1. The number of H-pyrrole nitrogens is 1. The van der Waals surface area contributed by atoms with Crippen LogP contribution in [0.15, 0.2) is 9.40 Å². The molecule has 3 aliphatic heterocycles. The van der Waals surface area contributed by atoms with Crippen molar-refractivity contribution in [2.75, 3.05) is 19.6 Å². The lowest BCUT2D eigenvalue weighted by atomic mass is 9.75. The van der Waals surface area contributed by atoms with Gasteiger partial charge in [-0.25, -0.2) is 4.79 Å². The molecule has 1 unspecified atom stereocenters. The summed E-state index contributed by atoms with van der Waals surface area (Å²) < 4.78 is 3.36. The number of hydrogen-bond acceptors (Lipinski definition) is 1. The molecule has 1 atom stereocenters. The molecule has 1 N–H and O–H groups in total. The molecule has 0 amide bonds. The van der Waals surface area contributed by atoms with E-state index in [1.54, 1.807) is 0 Å². The molecule has 0 saturated carbocycles. The second-order valence-corrected chi connectivity index (χ2v) is 6.68. The Bertz CT molecular complexity index is 516. The van der Waals surface area contributed by atoms with E-state index in [0.29, 0.717) is 10.3 Å². The van der Waals surface area contributed by atoms with Crippen molar-refractivity contribution in [1.82, 2.24) is 9.55 Å². The molecular formula is C12H18BBrN3O+. The minimum Gasteiger partial charge on any atom is -0.396 e. The van der Waals surface area contributed by atoms with Gasteiger partial charge in [0.1, 0.15) is 4.60 Å². The summed E-state index contributed by atoms with van der Waals surface area (Å²) in [4.78, 5) is 14.7. The average Bonchev–Trinajstić information content (AvgIpc) is 2.56. The van der Waals surface area contributed by atoms with E-state index in [1.807, 2.05) is 11.5 Å². The van der Waals surface area contributed by atoms with Crippen molar-refractivity contribution in [3.8, 4) is 0 Å². The Kier molecular flexibility index (Phi) is 2.98. The highest BCUT2D eigenvalue weighted by atomic mass is 79.9. The number of quaternary nitrogens is 1. The van der Waals surface area contributed by atoms with Gasteiger partial charge in [0.05, 0.1) is 25.3 Å². The van der Waals surface area contributed by atoms with Crippen molar-refractivity contribution in [1.29, 1.82) is 0 Å². The Balaban J connectivity index is 1.83. The Morgan fingerprint density at radius 3 is 2.67 bits per heavy atom. The molecule has 3 saturated heterocycles. The van der Waals surface area contributed by atoms with E-state index in [-0.39, 0.29) is 5.69 Å². The van der Waals surface area contributed by atoms with E-state index in [4.69, 9.17) is 7.98 Å². The van der Waals surface area contributed by atoms with Gasteiger partial charge in [-0.15, -0.1) is 0 Å². The van der Waals surface area contributed by atoms with Gasteiger partial charge < -0.3 is 9.38 Å². The second kappa shape index (κ2) is 4.27. The van der Waals surface area contributed by atoms with Crippen LogP contribution in [0.25, 0.3) is 0 Å². The molecule has 1 aromatic heterocycles. The second-order valence-electron chi connectivity index (χ2n) is 5.89. The zero-order valence-electron chi connectivity index (χ0n) is 10.7. The largest absolute Gasteiger partial charge is 0.481 e. The number of rotatable bonds is 2. The predicted octanol–water partition coefficient (Wildman–Crippen LogP) is 1.19. The van der Waals surface area contributed by atoms with E-state index < -0.39 is 0 Å². The molecular weight excluding hydrogens is 293 g/mol. The summed E-state index contributed by atoms with van der Waals surface area (Å²) in [6, 6.07) is 0. The van der Waals surface area contributed by atoms with Gasteiger partial charge in [0, 0.05) is 12.5 Å². The fourth-order valence-electron chi connectivity index (χ4n) is 3.56. The maximum atomic E-state index is 11.9. The van der Waals surface area contributed by atoms with E-state index >= 15 is 0 Å². The van der Waals surface area contributed by atoms with Crippen LogP contribution in [-0.2, 0) is 6.54 Å². The monoisotopic (exact) mass is 310 g/mol. The van der Waals surface area contributed by atoms with Crippen molar-refractivity contribution in [3.05, 3.63) is 20.8 Å². The zero-order chi connectivity index (χ0) is 12.9. The van der Waals surface area contributed by atoms with Gasteiger partial charge in [0.2, 0.25) is 0 Å². The first-order valence-corrected chi connectivity index (χ1v) is 7.37. The molecule has 1 aromatic rings. The third kappa shape index (κ3) is 1.99. The quantitative estimate of drug-likeness (QED) is 0.819. The van der Waals surface area contributed by atoms with Crippen LogP contribution < -0.4 is 5.69 Å². The van der Waals surface area contributed by atoms with Crippen LogP contribution >= 0.6 is 15.9 Å². The molecule has 0 aliphatic carbocycles. The predicted molar refractivity (Wildman–Crippen MR) is 74.3 cm³/mol. The molecule has 6 heteroatoms. The first kappa shape index (κ1) is 12.5. The van der Waals surface area contributed by atoms with Gasteiger partial charge in [-0.2, -0.15) is 0 Å². The van der Waals surface area contributed by atoms with Crippen LogP contribution in [0.2, 0.25) is 0 Å². The van der Waals surface area contributed by atoms with Crippen LogP contribution in [0.1, 0.15) is 18.5 Å². The van der Waals surface area contributed by atoms with Crippen molar-refractivity contribution in [3.63, 3.8) is 0 Å². The highest BCUT2D eigenvalue weighted by Crippen LogP contribution is 2.36. The van der Waals surface area contributed by atoms with Gasteiger partial charge in [-0.3, -0.25) is 4.57 Å². The molecule has 0 aromatic carbocycles. The lowest BCUT2D eigenvalue weighted by Gasteiger charge is -2.51. The molecule has 3 aliphatic rings. The Morgan fingerprint density at radius 1 is 1.50 bits per heavy atom. The number of piperidine rings is 3. The van der Waals surface area contributed by atoms with Crippen molar-refractivity contribution < 1.29 is 4.39 Å². The van der Waals surface area contributed by atoms with Crippen LogP contribution in [0.4, 0.5) is 0 Å². The van der Waals surface area contributed by atoms with E-state index in [2.05, 4.69) is 20.9 Å². The van der Waals surface area contributed by atoms with Crippen LogP contribution in [0.3, 0.4) is 0 Å². The summed E-state index contributed by atoms with van der Waals surface area (Å²) in [6.07, 6.45) is 2.42. The minimum atomic E-state index is -0.0145. The first-order chi connectivity index (χ1) is 8.48. The van der Waals surface area contributed by atoms with E-state index in [1.165, 1.54) is 12.8 Å². The molecule has 96 valence electrons. The molecule has 2 bridgehead atoms. The molecule has 4 rings (SSSR count). The molecule has 4 heterocycles. The van der Waals surface area contributed by atoms with E-state index in [0.717, 1.165) is 42.4 Å². The number of hydrogen-bond donors (Lipinski definition) is 1. The maximum Gasteiger partial charge on any atom is 0.481 e. The third-order valence-electron chi connectivity index (χ3n) is 4.76. The van der Waals surface area contributed by atoms with Crippen molar-refractivity contribution in [2.45, 2.75) is 26.3 Å². The number of imidazole rings is 1. The number of nitrogens with zero attached hydrogens (tertiary/aromatic N) is 2. The smallest absolute Gasteiger partial charge is 0.396 e. The summed E-state index contributed by atoms with van der Waals surface area (Å²) in [5, 5.41) is 0. The van der Waals surface area contributed by atoms with Crippen LogP contribution in [0, 0.1) is 18.8 Å². The molecule has 3 fully saturated rings. The first-order valence-electron chi connectivity index (χ1n) is 6.58. The number of fused-ring (bicyclic) bond motifs is 3. The maximum absolute atomic E-state index is 11.9. The number of aromatic nitrogens is 2. The van der Waals surface area contributed by atoms with Crippen molar-refractivity contribution in [2.24, 2.45) is 11.8 Å². The van der Waals surface area contributed by atoms with Crippen molar-refractivity contribution >= 4 is 23.9 Å².